The van der Waals surface area contributed by atoms with Crippen molar-refractivity contribution in [2.24, 2.45) is 0 Å². The highest BCUT2D eigenvalue weighted by Crippen LogP contribution is 2.30. The van der Waals surface area contributed by atoms with E-state index in [1.54, 1.807) is 0 Å². The zero-order chi connectivity index (χ0) is 15.6. The molecular weight excluding hydrogens is 335 g/mol. The molecule has 0 bridgehead atoms. The van der Waals surface area contributed by atoms with Gasteiger partial charge in [-0.1, -0.05) is 23.2 Å². The average Bonchev–Trinajstić information content (AvgIpc) is 2.43. The van der Waals surface area contributed by atoms with Gasteiger partial charge in [0.2, 0.25) is 0 Å². The second kappa shape index (κ2) is 6.01. The van der Waals surface area contributed by atoms with Crippen LogP contribution in [0.3, 0.4) is 0 Å². The fraction of sp³-hybridized carbons (Fsp3) is 0.0769. The molecule has 0 aliphatic carbocycles. The molecule has 0 amide bonds. The molecule has 0 saturated carbocycles. The molecule has 0 saturated heterocycles. The van der Waals surface area contributed by atoms with Crippen molar-refractivity contribution in [2.75, 3.05) is 17.6 Å². The van der Waals surface area contributed by atoms with E-state index >= 15 is 0 Å². The smallest absolute Gasteiger partial charge is 0.263 e. The first-order valence-corrected chi connectivity index (χ1v) is 7.99. The maximum Gasteiger partial charge on any atom is 0.263 e. The lowest BCUT2D eigenvalue weighted by Crippen LogP contribution is -2.14. The summed E-state index contributed by atoms with van der Waals surface area (Å²) in [6, 6.07) is 8.75. The SMILES string of the molecule is COc1cc(NS(=O)(=O)c2cc(Cl)ccc2N)ccc1Cl. The molecular formula is C13H12Cl2N2O3S. The fourth-order valence-corrected chi connectivity index (χ4v) is 3.31. The van der Waals surface area contributed by atoms with Gasteiger partial charge in [0.25, 0.3) is 10.0 Å². The van der Waals surface area contributed by atoms with Crippen LogP contribution in [0.25, 0.3) is 0 Å². The summed E-state index contributed by atoms with van der Waals surface area (Å²) >= 11 is 11.7. The summed E-state index contributed by atoms with van der Waals surface area (Å²) in [5.41, 5.74) is 6.09. The van der Waals surface area contributed by atoms with Crippen LogP contribution in [0.4, 0.5) is 11.4 Å². The number of halogens is 2. The lowest BCUT2D eigenvalue weighted by atomic mass is 10.3. The fourth-order valence-electron chi connectivity index (χ4n) is 1.67. The Morgan fingerprint density at radius 3 is 2.52 bits per heavy atom. The van der Waals surface area contributed by atoms with Gasteiger partial charge in [0.1, 0.15) is 10.6 Å². The van der Waals surface area contributed by atoms with Crippen LogP contribution in [0.15, 0.2) is 41.3 Å². The Kier molecular flexibility index (Phi) is 4.51. The molecule has 0 aromatic heterocycles. The second-order valence-electron chi connectivity index (χ2n) is 4.14. The maximum atomic E-state index is 12.3. The van der Waals surface area contributed by atoms with Crippen LogP contribution in [0.5, 0.6) is 5.75 Å². The minimum atomic E-state index is -3.86. The van der Waals surface area contributed by atoms with E-state index in [1.807, 2.05) is 0 Å². The third-order valence-corrected chi connectivity index (χ3v) is 4.65. The lowest BCUT2D eigenvalue weighted by Gasteiger charge is -2.12. The highest BCUT2D eigenvalue weighted by molar-refractivity contribution is 7.92. The van der Waals surface area contributed by atoms with Crippen molar-refractivity contribution < 1.29 is 13.2 Å². The van der Waals surface area contributed by atoms with Crippen LogP contribution in [0, 0.1) is 0 Å². The van der Waals surface area contributed by atoms with E-state index in [-0.39, 0.29) is 15.6 Å². The third kappa shape index (κ3) is 3.53. The molecule has 3 N–H and O–H groups in total. The third-order valence-electron chi connectivity index (χ3n) is 2.67. The first-order chi connectivity index (χ1) is 9.83. The van der Waals surface area contributed by atoms with Crippen molar-refractivity contribution in [1.82, 2.24) is 0 Å². The van der Waals surface area contributed by atoms with Gasteiger partial charge >= 0.3 is 0 Å². The molecule has 2 aromatic carbocycles. The summed E-state index contributed by atoms with van der Waals surface area (Å²) in [6.45, 7) is 0. The zero-order valence-electron chi connectivity index (χ0n) is 10.9. The number of benzene rings is 2. The topological polar surface area (TPSA) is 81.4 Å². The summed E-state index contributed by atoms with van der Waals surface area (Å²) < 4.78 is 32.1. The Morgan fingerprint density at radius 2 is 1.86 bits per heavy atom. The van der Waals surface area contributed by atoms with Gasteiger partial charge in [-0.05, 0) is 30.3 Å². The van der Waals surface area contributed by atoms with Crippen molar-refractivity contribution in [2.45, 2.75) is 4.90 Å². The molecule has 21 heavy (non-hydrogen) atoms. The van der Waals surface area contributed by atoms with E-state index in [9.17, 15) is 8.42 Å². The highest BCUT2D eigenvalue weighted by Gasteiger charge is 2.18. The van der Waals surface area contributed by atoms with Gasteiger partial charge < -0.3 is 10.5 Å². The molecule has 112 valence electrons. The molecule has 0 heterocycles. The number of hydrogen-bond donors (Lipinski definition) is 2. The maximum absolute atomic E-state index is 12.3. The minimum Gasteiger partial charge on any atom is -0.495 e. The van der Waals surface area contributed by atoms with Gasteiger partial charge in [0.05, 0.1) is 23.5 Å². The number of nitrogen functional groups attached to an aromatic ring is 1. The number of nitrogens with one attached hydrogen (secondary N) is 1. The van der Waals surface area contributed by atoms with Crippen LogP contribution < -0.4 is 15.2 Å². The zero-order valence-corrected chi connectivity index (χ0v) is 13.3. The highest BCUT2D eigenvalue weighted by atomic mass is 35.5. The summed E-state index contributed by atoms with van der Waals surface area (Å²) in [5, 5.41) is 0.654. The van der Waals surface area contributed by atoms with Crippen molar-refractivity contribution in [3.8, 4) is 5.75 Å². The average molecular weight is 347 g/mol. The van der Waals surface area contributed by atoms with Gasteiger partial charge in [-0.25, -0.2) is 8.42 Å². The Labute approximate surface area is 132 Å². The second-order valence-corrected chi connectivity index (χ2v) is 6.63. The van der Waals surface area contributed by atoms with E-state index in [0.29, 0.717) is 16.5 Å². The van der Waals surface area contributed by atoms with Gasteiger partial charge in [0, 0.05) is 11.1 Å². The summed E-state index contributed by atoms with van der Waals surface area (Å²) in [7, 11) is -2.42. The standard InChI is InChI=1S/C13H12Cl2N2O3S/c1-20-12-7-9(3-4-10(12)15)17-21(18,19)13-6-8(14)2-5-11(13)16/h2-7,17H,16H2,1H3. The van der Waals surface area contributed by atoms with E-state index in [0.717, 1.165) is 0 Å². The van der Waals surface area contributed by atoms with Crippen LogP contribution in [-0.2, 0) is 10.0 Å². The number of ether oxygens (including phenoxy) is 1. The Hall–Kier alpha value is -1.63. The van der Waals surface area contributed by atoms with Crippen molar-refractivity contribution in [3.63, 3.8) is 0 Å². The normalized spacial score (nSPS) is 11.2. The summed E-state index contributed by atoms with van der Waals surface area (Å²) in [5.74, 6) is 0.357. The van der Waals surface area contributed by atoms with E-state index in [2.05, 4.69) is 4.72 Å². The van der Waals surface area contributed by atoms with E-state index in [4.69, 9.17) is 33.7 Å². The van der Waals surface area contributed by atoms with Crippen LogP contribution in [0.1, 0.15) is 0 Å². The van der Waals surface area contributed by atoms with Crippen LogP contribution in [-0.4, -0.2) is 15.5 Å². The molecule has 0 unspecified atom stereocenters. The Morgan fingerprint density at radius 1 is 1.14 bits per heavy atom. The summed E-state index contributed by atoms with van der Waals surface area (Å²) in [4.78, 5) is -0.0936. The molecule has 0 fully saturated rings. The van der Waals surface area contributed by atoms with Crippen LogP contribution >= 0.6 is 23.2 Å². The largest absolute Gasteiger partial charge is 0.495 e. The predicted octanol–water partition coefficient (Wildman–Crippen LogP) is 3.39. The molecule has 5 nitrogen and oxygen atoms in total. The number of rotatable bonds is 4. The first-order valence-electron chi connectivity index (χ1n) is 5.75. The van der Waals surface area contributed by atoms with Gasteiger partial charge in [0.15, 0.2) is 0 Å². The first kappa shape index (κ1) is 15.8. The number of methoxy groups -OCH3 is 1. The molecule has 0 aliphatic rings. The molecule has 0 radical (unpaired) electrons. The predicted molar refractivity (Wildman–Crippen MR) is 84.7 cm³/mol. The molecule has 0 spiro atoms. The van der Waals surface area contributed by atoms with Gasteiger partial charge in [-0.2, -0.15) is 0 Å². The molecule has 0 atom stereocenters. The number of hydrogen-bond acceptors (Lipinski definition) is 4. The Bertz CT molecular complexity index is 779. The molecule has 0 aliphatic heterocycles. The molecule has 2 rings (SSSR count). The van der Waals surface area contributed by atoms with Crippen molar-refractivity contribution in [1.29, 1.82) is 0 Å². The molecule has 2 aromatic rings. The van der Waals surface area contributed by atoms with Crippen molar-refractivity contribution in [3.05, 3.63) is 46.4 Å². The quantitative estimate of drug-likeness (QED) is 0.831. The van der Waals surface area contributed by atoms with Gasteiger partial charge in [-0.3, -0.25) is 4.72 Å². The van der Waals surface area contributed by atoms with E-state index < -0.39 is 10.0 Å². The minimum absolute atomic E-state index is 0.0936. The Balaban J connectivity index is 2.40. The monoisotopic (exact) mass is 346 g/mol. The number of sulfonamides is 1. The number of anilines is 2. The van der Waals surface area contributed by atoms with Crippen molar-refractivity contribution >= 4 is 44.6 Å². The van der Waals surface area contributed by atoms with E-state index in [1.165, 1.54) is 43.5 Å². The molecule has 8 heteroatoms. The van der Waals surface area contributed by atoms with Gasteiger partial charge in [-0.15, -0.1) is 0 Å². The van der Waals surface area contributed by atoms with Crippen LogP contribution in [0.2, 0.25) is 10.0 Å². The number of nitrogens with two attached hydrogens (primary N) is 1. The lowest BCUT2D eigenvalue weighted by molar-refractivity contribution is 0.415. The summed E-state index contributed by atoms with van der Waals surface area (Å²) in [6.07, 6.45) is 0.